The quantitative estimate of drug-likeness (QED) is 0.460. The minimum absolute atomic E-state index is 0.0322. The Labute approximate surface area is 191 Å². The molecule has 1 saturated heterocycles. The number of pyridine rings is 2. The normalized spacial score (nSPS) is 16.1. The van der Waals surface area contributed by atoms with Crippen molar-refractivity contribution in [2.24, 2.45) is 7.05 Å². The zero-order chi connectivity index (χ0) is 22.8. The van der Waals surface area contributed by atoms with Gasteiger partial charge in [-0.1, -0.05) is 18.2 Å². The van der Waals surface area contributed by atoms with Crippen LogP contribution in [0.15, 0.2) is 73.2 Å². The van der Waals surface area contributed by atoms with E-state index in [0.29, 0.717) is 29.9 Å². The maximum atomic E-state index is 14.2. The molecule has 0 saturated carbocycles. The van der Waals surface area contributed by atoms with Crippen LogP contribution >= 0.6 is 0 Å². The minimum atomic E-state index is -0.287. The summed E-state index contributed by atoms with van der Waals surface area (Å²) in [4.78, 5) is 24.2. The Morgan fingerprint density at radius 2 is 1.91 bits per heavy atom. The smallest absolute Gasteiger partial charge is 0.255 e. The van der Waals surface area contributed by atoms with Gasteiger partial charge in [-0.2, -0.15) is 5.10 Å². The number of aryl methyl sites for hydroxylation is 1. The molecule has 33 heavy (non-hydrogen) atoms. The molecular formula is C26H24FN5O. The number of nitrogens with zero attached hydrogens (tertiary/aromatic N) is 5. The molecule has 0 aliphatic carbocycles. The van der Waals surface area contributed by atoms with E-state index < -0.39 is 0 Å². The van der Waals surface area contributed by atoms with Crippen molar-refractivity contribution in [2.45, 2.75) is 18.8 Å². The minimum Gasteiger partial charge on any atom is -0.338 e. The number of rotatable bonds is 4. The van der Waals surface area contributed by atoms with Gasteiger partial charge < -0.3 is 4.90 Å². The molecular weight excluding hydrogens is 417 g/mol. The van der Waals surface area contributed by atoms with Crippen molar-refractivity contribution in [3.63, 3.8) is 0 Å². The molecule has 3 aromatic heterocycles. The molecule has 0 spiro atoms. The number of piperidine rings is 1. The molecule has 5 rings (SSSR count). The average Bonchev–Trinajstić information content (AvgIpc) is 3.30. The van der Waals surface area contributed by atoms with Crippen LogP contribution in [0, 0.1) is 5.82 Å². The molecule has 1 amide bonds. The molecule has 1 aliphatic heterocycles. The Balaban J connectivity index is 1.32. The van der Waals surface area contributed by atoms with Crippen LogP contribution in [0.4, 0.5) is 4.39 Å². The predicted molar refractivity (Wildman–Crippen MR) is 124 cm³/mol. The van der Waals surface area contributed by atoms with Crippen molar-refractivity contribution in [1.29, 1.82) is 0 Å². The van der Waals surface area contributed by atoms with Gasteiger partial charge in [-0.3, -0.25) is 19.4 Å². The summed E-state index contributed by atoms with van der Waals surface area (Å²) in [5.41, 5.74) is 4.25. The van der Waals surface area contributed by atoms with E-state index in [2.05, 4.69) is 10.1 Å². The van der Waals surface area contributed by atoms with Gasteiger partial charge in [0.1, 0.15) is 5.82 Å². The van der Waals surface area contributed by atoms with E-state index in [1.807, 2.05) is 48.5 Å². The SMILES string of the molecule is Cn1cc(-c2ccc(C(=O)N3CCCC(c4cccc(-c5ccccc5F)n4)C3)cn2)cn1. The standard InChI is InChI=1S/C26H24FN5O/c1-31-16-20(15-29-31)23-12-11-18(14-28-23)26(33)32-13-5-6-19(17-32)24-9-4-10-25(30-24)21-7-2-3-8-22(21)27/h2-4,7-12,14-16,19H,5-6,13,17H2,1H3. The van der Waals surface area contributed by atoms with E-state index in [-0.39, 0.29) is 17.6 Å². The van der Waals surface area contributed by atoms with Crippen molar-refractivity contribution >= 4 is 5.91 Å². The van der Waals surface area contributed by atoms with Gasteiger partial charge >= 0.3 is 0 Å². The molecule has 7 heteroatoms. The van der Waals surface area contributed by atoms with Crippen LogP contribution < -0.4 is 0 Å². The summed E-state index contributed by atoms with van der Waals surface area (Å²) < 4.78 is 16.0. The lowest BCUT2D eigenvalue weighted by molar-refractivity contribution is 0.0705. The Hall–Kier alpha value is -3.87. The van der Waals surface area contributed by atoms with Crippen LogP contribution in [0.1, 0.15) is 34.8 Å². The zero-order valence-corrected chi connectivity index (χ0v) is 18.4. The summed E-state index contributed by atoms with van der Waals surface area (Å²) in [5.74, 6) is -0.211. The number of likely N-dealkylation sites (tertiary alicyclic amines) is 1. The molecule has 1 aromatic carbocycles. The number of amides is 1. The number of benzene rings is 1. The van der Waals surface area contributed by atoms with E-state index in [0.717, 1.165) is 29.8 Å². The molecule has 0 radical (unpaired) electrons. The Bertz CT molecular complexity index is 1280. The highest BCUT2D eigenvalue weighted by Gasteiger charge is 2.27. The van der Waals surface area contributed by atoms with E-state index in [4.69, 9.17) is 4.98 Å². The summed E-state index contributed by atoms with van der Waals surface area (Å²) in [6.45, 7) is 1.28. The summed E-state index contributed by atoms with van der Waals surface area (Å²) >= 11 is 0. The van der Waals surface area contributed by atoms with Crippen LogP contribution in [0.25, 0.3) is 22.5 Å². The third-order valence-electron chi connectivity index (χ3n) is 6.06. The van der Waals surface area contributed by atoms with Gasteiger partial charge in [0, 0.05) is 55.3 Å². The highest BCUT2D eigenvalue weighted by molar-refractivity contribution is 5.94. The maximum Gasteiger partial charge on any atom is 0.255 e. The second-order valence-corrected chi connectivity index (χ2v) is 8.35. The fraction of sp³-hybridized carbons (Fsp3) is 0.231. The molecule has 166 valence electrons. The number of hydrogen-bond donors (Lipinski definition) is 0. The van der Waals surface area contributed by atoms with Crippen LogP contribution in [0.2, 0.25) is 0 Å². The lowest BCUT2D eigenvalue weighted by atomic mass is 9.93. The number of carbonyl (C=O) groups excluding carboxylic acids is 1. The zero-order valence-electron chi connectivity index (χ0n) is 18.4. The largest absolute Gasteiger partial charge is 0.338 e. The summed E-state index contributed by atoms with van der Waals surface area (Å²) in [5, 5.41) is 4.17. The fourth-order valence-electron chi connectivity index (χ4n) is 4.33. The second-order valence-electron chi connectivity index (χ2n) is 8.35. The second kappa shape index (κ2) is 8.94. The molecule has 1 aliphatic rings. The monoisotopic (exact) mass is 441 g/mol. The van der Waals surface area contributed by atoms with Gasteiger partial charge in [0.2, 0.25) is 0 Å². The molecule has 1 atom stereocenters. The molecule has 1 unspecified atom stereocenters. The van der Waals surface area contributed by atoms with Crippen LogP contribution in [-0.4, -0.2) is 43.6 Å². The molecule has 1 fully saturated rings. The van der Waals surface area contributed by atoms with Crippen molar-refractivity contribution in [3.05, 3.63) is 90.3 Å². The molecule has 0 N–H and O–H groups in total. The van der Waals surface area contributed by atoms with Gasteiger partial charge in [0.15, 0.2) is 0 Å². The van der Waals surface area contributed by atoms with E-state index >= 15 is 0 Å². The molecule has 4 aromatic rings. The average molecular weight is 442 g/mol. The first-order valence-electron chi connectivity index (χ1n) is 11.0. The van der Waals surface area contributed by atoms with Gasteiger partial charge in [0.25, 0.3) is 5.91 Å². The van der Waals surface area contributed by atoms with E-state index in [9.17, 15) is 9.18 Å². The number of carbonyl (C=O) groups is 1. The molecule has 0 bridgehead atoms. The number of hydrogen-bond acceptors (Lipinski definition) is 4. The van der Waals surface area contributed by atoms with Crippen molar-refractivity contribution in [3.8, 4) is 22.5 Å². The topological polar surface area (TPSA) is 63.9 Å². The highest BCUT2D eigenvalue weighted by Crippen LogP contribution is 2.29. The fourth-order valence-corrected chi connectivity index (χ4v) is 4.33. The number of halogens is 1. The summed E-state index contributed by atoms with van der Waals surface area (Å²) in [6.07, 6.45) is 7.10. The van der Waals surface area contributed by atoms with Crippen molar-refractivity contribution < 1.29 is 9.18 Å². The van der Waals surface area contributed by atoms with Crippen LogP contribution in [0.3, 0.4) is 0 Å². The third kappa shape index (κ3) is 4.39. The first kappa shape index (κ1) is 21.0. The Kier molecular flexibility index (Phi) is 5.69. The van der Waals surface area contributed by atoms with E-state index in [1.165, 1.54) is 6.07 Å². The predicted octanol–water partition coefficient (Wildman–Crippen LogP) is 4.70. The van der Waals surface area contributed by atoms with Crippen molar-refractivity contribution in [1.82, 2.24) is 24.6 Å². The summed E-state index contributed by atoms with van der Waals surface area (Å²) in [6, 6.07) is 16.0. The first-order chi connectivity index (χ1) is 16.1. The maximum absolute atomic E-state index is 14.2. The van der Waals surface area contributed by atoms with Gasteiger partial charge in [0.05, 0.1) is 23.1 Å². The Morgan fingerprint density at radius 3 is 2.67 bits per heavy atom. The molecule has 6 nitrogen and oxygen atoms in total. The lowest BCUT2D eigenvalue weighted by Crippen LogP contribution is -2.39. The summed E-state index contributed by atoms with van der Waals surface area (Å²) in [7, 11) is 1.86. The van der Waals surface area contributed by atoms with Crippen molar-refractivity contribution in [2.75, 3.05) is 13.1 Å². The van der Waals surface area contributed by atoms with Crippen LogP contribution in [-0.2, 0) is 7.05 Å². The first-order valence-corrected chi connectivity index (χ1v) is 11.0. The lowest BCUT2D eigenvalue weighted by Gasteiger charge is -2.32. The number of aromatic nitrogens is 4. The highest BCUT2D eigenvalue weighted by atomic mass is 19.1. The van der Waals surface area contributed by atoms with Gasteiger partial charge in [-0.15, -0.1) is 0 Å². The molecule has 4 heterocycles. The van der Waals surface area contributed by atoms with E-state index in [1.54, 1.807) is 35.3 Å². The third-order valence-corrected chi connectivity index (χ3v) is 6.06. The Morgan fingerprint density at radius 1 is 1.03 bits per heavy atom. The van der Waals surface area contributed by atoms with Gasteiger partial charge in [-0.05, 0) is 49.2 Å². The van der Waals surface area contributed by atoms with Crippen LogP contribution in [0.5, 0.6) is 0 Å². The van der Waals surface area contributed by atoms with Gasteiger partial charge in [-0.25, -0.2) is 4.39 Å².